The molecule has 0 aromatic rings. The summed E-state index contributed by atoms with van der Waals surface area (Å²) >= 11 is 0. The quantitative estimate of drug-likeness (QED) is 0.139. The van der Waals surface area contributed by atoms with E-state index in [-0.39, 0.29) is 11.8 Å². The van der Waals surface area contributed by atoms with Crippen molar-refractivity contribution in [2.24, 2.45) is 11.7 Å². The highest BCUT2D eigenvalue weighted by atomic mass is 16.1. The Kier molecular flexibility index (Phi) is 22.9. The van der Waals surface area contributed by atoms with Gasteiger partial charge in [0, 0.05) is 5.92 Å². The van der Waals surface area contributed by atoms with Crippen molar-refractivity contribution in [1.29, 1.82) is 0 Å². The molecule has 2 N–H and O–H groups in total. The van der Waals surface area contributed by atoms with E-state index in [1.54, 1.807) is 0 Å². The second-order valence-corrected chi connectivity index (χ2v) is 8.74. The number of hydrogen-bond donors (Lipinski definition) is 1. The maximum atomic E-state index is 11.3. The van der Waals surface area contributed by atoms with Crippen LogP contribution in [0.5, 0.6) is 0 Å². The van der Waals surface area contributed by atoms with Crippen LogP contribution in [0, 0.1) is 5.92 Å². The lowest BCUT2D eigenvalue weighted by Gasteiger charge is -2.11. The third-order valence-electron chi connectivity index (χ3n) is 5.79. The lowest BCUT2D eigenvalue weighted by Crippen LogP contribution is -2.23. The lowest BCUT2D eigenvalue weighted by molar-refractivity contribution is -0.122. The van der Waals surface area contributed by atoms with Crippen LogP contribution in [0.4, 0.5) is 0 Å². The fourth-order valence-corrected chi connectivity index (χ4v) is 3.83. The summed E-state index contributed by atoms with van der Waals surface area (Å²) in [5, 5.41) is 0. The maximum Gasteiger partial charge on any atom is 0.220 e. The zero-order valence-corrected chi connectivity index (χ0v) is 20.3. The van der Waals surface area contributed by atoms with E-state index in [0.717, 1.165) is 25.7 Å². The second kappa shape index (κ2) is 24.0. The molecule has 0 heterocycles. The molecule has 0 bridgehead atoms. The van der Waals surface area contributed by atoms with E-state index in [2.05, 4.69) is 50.3 Å². The fourth-order valence-electron chi connectivity index (χ4n) is 3.83. The third kappa shape index (κ3) is 21.4. The van der Waals surface area contributed by atoms with E-state index in [0.29, 0.717) is 0 Å². The molecule has 30 heavy (non-hydrogen) atoms. The molecule has 2 heteroatoms. The highest BCUT2D eigenvalue weighted by Gasteiger charge is 2.12. The minimum atomic E-state index is -0.103. The van der Waals surface area contributed by atoms with E-state index in [9.17, 15) is 4.79 Å². The minimum absolute atomic E-state index is 0.103. The van der Waals surface area contributed by atoms with Gasteiger partial charge in [-0.3, -0.25) is 4.79 Å². The number of nitrogens with two attached hydrogens (primary N) is 1. The number of rotatable bonds is 22. The molecule has 2 nitrogen and oxygen atoms in total. The van der Waals surface area contributed by atoms with Crippen molar-refractivity contribution in [2.75, 3.05) is 0 Å². The number of hydrogen-bond acceptors (Lipinski definition) is 1. The van der Waals surface area contributed by atoms with Gasteiger partial charge in [0.25, 0.3) is 0 Å². The molecule has 174 valence electrons. The number of allylic oxidation sites excluding steroid dienone is 6. The standard InChI is InChI=1S/C28H51NO/c1-3-5-6-7-8-9-10-11-12-13-14-15-16-17-18-19-20-21-22-23-24-26-27(25-4-2)28(29)30/h8-13,27H,3-7,14-26H2,1-2H3,(H2,29,30). The van der Waals surface area contributed by atoms with Crippen LogP contribution in [0.25, 0.3) is 0 Å². The van der Waals surface area contributed by atoms with Crippen LogP contribution in [0.1, 0.15) is 129 Å². The van der Waals surface area contributed by atoms with Crippen molar-refractivity contribution in [1.82, 2.24) is 0 Å². The van der Waals surface area contributed by atoms with Gasteiger partial charge in [0.1, 0.15) is 0 Å². The van der Waals surface area contributed by atoms with Gasteiger partial charge in [-0.15, -0.1) is 0 Å². The van der Waals surface area contributed by atoms with Gasteiger partial charge >= 0.3 is 0 Å². The van der Waals surface area contributed by atoms with Crippen LogP contribution < -0.4 is 5.73 Å². The first-order valence-corrected chi connectivity index (χ1v) is 13.0. The normalized spacial score (nSPS) is 13.1. The van der Waals surface area contributed by atoms with Crippen LogP contribution >= 0.6 is 0 Å². The van der Waals surface area contributed by atoms with Gasteiger partial charge in [-0.2, -0.15) is 0 Å². The Balaban J connectivity index is 3.33. The summed E-state index contributed by atoms with van der Waals surface area (Å²) in [6.07, 6.45) is 35.8. The van der Waals surface area contributed by atoms with Crippen LogP contribution in [0.15, 0.2) is 36.5 Å². The predicted molar refractivity (Wildman–Crippen MR) is 135 cm³/mol. The summed E-state index contributed by atoms with van der Waals surface area (Å²) in [5.41, 5.74) is 5.46. The Morgan fingerprint density at radius 1 is 0.600 bits per heavy atom. The molecular formula is C28H51NO. The molecule has 1 unspecified atom stereocenters. The zero-order chi connectivity index (χ0) is 22.1. The first-order chi connectivity index (χ1) is 14.7. The van der Waals surface area contributed by atoms with Gasteiger partial charge < -0.3 is 5.73 Å². The molecule has 0 rings (SSSR count). The third-order valence-corrected chi connectivity index (χ3v) is 5.79. The fraction of sp³-hybridized carbons (Fsp3) is 0.750. The molecule has 1 atom stereocenters. The second-order valence-electron chi connectivity index (χ2n) is 8.74. The largest absolute Gasteiger partial charge is 0.369 e. The van der Waals surface area contributed by atoms with Gasteiger partial charge in [0.2, 0.25) is 5.91 Å². The van der Waals surface area contributed by atoms with E-state index in [1.165, 1.54) is 89.9 Å². The van der Waals surface area contributed by atoms with Gasteiger partial charge in [-0.25, -0.2) is 0 Å². The number of carbonyl (C=O) groups is 1. The molecule has 0 saturated carbocycles. The Bertz CT molecular complexity index is 450. The summed E-state index contributed by atoms with van der Waals surface area (Å²) < 4.78 is 0. The smallest absolute Gasteiger partial charge is 0.220 e. The van der Waals surface area contributed by atoms with Gasteiger partial charge in [-0.05, 0) is 38.5 Å². The van der Waals surface area contributed by atoms with Crippen molar-refractivity contribution in [3.05, 3.63) is 36.5 Å². The van der Waals surface area contributed by atoms with Crippen molar-refractivity contribution in [2.45, 2.75) is 129 Å². The van der Waals surface area contributed by atoms with E-state index in [1.807, 2.05) is 0 Å². The minimum Gasteiger partial charge on any atom is -0.369 e. The molecular weight excluding hydrogens is 366 g/mol. The van der Waals surface area contributed by atoms with E-state index in [4.69, 9.17) is 5.73 Å². The first-order valence-electron chi connectivity index (χ1n) is 13.0. The molecule has 1 amide bonds. The van der Waals surface area contributed by atoms with Crippen molar-refractivity contribution >= 4 is 5.91 Å². The monoisotopic (exact) mass is 417 g/mol. The Hall–Kier alpha value is -1.31. The molecule has 0 aliphatic heterocycles. The number of amides is 1. The molecule has 0 aliphatic rings. The number of carbonyl (C=O) groups excluding carboxylic acids is 1. The molecule has 0 aromatic carbocycles. The summed E-state index contributed by atoms with van der Waals surface area (Å²) in [6, 6.07) is 0. The van der Waals surface area contributed by atoms with E-state index < -0.39 is 0 Å². The highest BCUT2D eigenvalue weighted by molar-refractivity contribution is 5.76. The lowest BCUT2D eigenvalue weighted by atomic mass is 9.95. The Morgan fingerprint density at radius 3 is 1.53 bits per heavy atom. The van der Waals surface area contributed by atoms with Gasteiger partial charge in [0.05, 0.1) is 0 Å². The van der Waals surface area contributed by atoms with Crippen LogP contribution in [0.2, 0.25) is 0 Å². The average Bonchev–Trinajstić information content (AvgIpc) is 2.73. The molecule has 0 saturated heterocycles. The van der Waals surface area contributed by atoms with Gasteiger partial charge in [-0.1, -0.05) is 127 Å². The van der Waals surface area contributed by atoms with Crippen molar-refractivity contribution < 1.29 is 4.79 Å². The predicted octanol–water partition coefficient (Wildman–Crippen LogP) is 8.82. The van der Waals surface area contributed by atoms with E-state index >= 15 is 0 Å². The Labute approximate surface area is 188 Å². The summed E-state index contributed by atoms with van der Waals surface area (Å²) in [6.45, 7) is 4.37. The topological polar surface area (TPSA) is 43.1 Å². The van der Waals surface area contributed by atoms with Gasteiger partial charge in [0.15, 0.2) is 0 Å². The van der Waals surface area contributed by atoms with Crippen molar-refractivity contribution in [3.63, 3.8) is 0 Å². The highest BCUT2D eigenvalue weighted by Crippen LogP contribution is 2.17. The van der Waals surface area contributed by atoms with Crippen molar-refractivity contribution in [3.8, 4) is 0 Å². The van der Waals surface area contributed by atoms with Crippen LogP contribution in [0.3, 0.4) is 0 Å². The summed E-state index contributed by atoms with van der Waals surface area (Å²) in [7, 11) is 0. The zero-order valence-electron chi connectivity index (χ0n) is 20.3. The Morgan fingerprint density at radius 2 is 1.07 bits per heavy atom. The van der Waals surface area contributed by atoms with Crippen LogP contribution in [-0.4, -0.2) is 5.91 Å². The first kappa shape index (κ1) is 28.7. The molecule has 0 spiro atoms. The number of primary amides is 1. The molecule has 0 radical (unpaired) electrons. The molecule has 0 aromatic heterocycles. The SMILES string of the molecule is CCCCCC=CC=CC=CCCCCCCCCCCCCC(CCC)C(N)=O. The summed E-state index contributed by atoms with van der Waals surface area (Å²) in [5.74, 6) is 0.00662. The van der Waals surface area contributed by atoms with Crippen LogP contribution in [-0.2, 0) is 4.79 Å². The molecule has 0 aliphatic carbocycles. The maximum absolute atomic E-state index is 11.3. The number of unbranched alkanes of at least 4 members (excludes halogenated alkanes) is 13. The summed E-state index contributed by atoms with van der Waals surface area (Å²) in [4.78, 5) is 11.3. The average molecular weight is 418 g/mol. The molecule has 0 fully saturated rings.